The van der Waals surface area contributed by atoms with E-state index in [1.54, 1.807) is 6.20 Å². The van der Waals surface area contributed by atoms with Crippen molar-refractivity contribution in [3.63, 3.8) is 0 Å². The highest BCUT2D eigenvalue weighted by Crippen LogP contribution is 2.20. The molecule has 1 aromatic heterocycles. The second-order valence-electron chi connectivity index (χ2n) is 2.23. The molecule has 11 heavy (non-hydrogen) atoms. The van der Waals surface area contributed by atoms with Gasteiger partial charge >= 0.3 is 0 Å². The van der Waals surface area contributed by atoms with E-state index >= 15 is 0 Å². The summed E-state index contributed by atoms with van der Waals surface area (Å²) in [7, 11) is 0. The molecule has 0 aliphatic rings. The van der Waals surface area contributed by atoms with Crippen LogP contribution in [0.15, 0.2) is 6.20 Å². The second kappa shape index (κ2) is 3.51. The first-order chi connectivity index (χ1) is 5.24. The van der Waals surface area contributed by atoms with Crippen LogP contribution in [0.3, 0.4) is 0 Å². The minimum absolute atomic E-state index is 0.340. The van der Waals surface area contributed by atoms with E-state index in [0.717, 1.165) is 4.88 Å². The lowest BCUT2D eigenvalue weighted by Crippen LogP contribution is -1.93. The molecule has 1 N–H and O–H groups in total. The molecule has 0 saturated heterocycles. The number of hydrogen-bond donors (Lipinski definition) is 1. The Morgan fingerprint density at radius 2 is 2.64 bits per heavy atom. The molecule has 0 spiro atoms. The smallest absolute Gasteiger partial charge is 0.122 e. The zero-order valence-electron chi connectivity index (χ0n) is 6.24. The maximum atomic E-state index is 9.34. The quantitative estimate of drug-likeness (QED) is 0.677. The summed E-state index contributed by atoms with van der Waals surface area (Å²) in [6.07, 6.45) is 6.53. The van der Waals surface area contributed by atoms with Crippen molar-refractivity contribution < 1.29 is 5.11 Å². The Bertz CT molecular complexity index is 274. The Hall–Kier alpha value is -0.850. The molecule has 1 unspecified atom stereocenters. The first-order valence-electron chi connectivity index (χ1n) is 3.28. The molecule has 58 valence electrons. The van der Waals surface area contributed by atoms with Crippen molar-refractivity contribution in [1.82, 2.24) is 4.98 Å². The fraction of sp³-hybridized carbons (Fsp3) is 0.375. The molecule has 0 aromatic carbocycles. The molecule has 3 heteroatoms. The Balaban J connectivity index is 2.70. The van der Waals surface area contributed by atoms with Crippen LogP contribution < -0.4 is 0 Å². The maximum absolute atomic E-state index is 9.34. The van der Waals surface area contributed by atoms with E-state index in [-0.39, 0.29) is 0 Å². The summed E-state index contributed by atoms with van der Waals surface area (Å²) >= 11 is 1.48. The average Bonchev–Trinajstić information content (AvgIpc) is 2.36. The van der Waals surface area contributed by atoms with Crippen molar-refractivity contribution in [3.8, 4) is 12.3 Å². The summed E-state index contributed by atoms with van der Waals surface area (Å²) in [5.41, 5.74) is 0. The van der Waals surface area contributed by atoms with Crippen molar-refractivity contribution in [2.45, 2.75) is 19.4 Å². The topological polar surface area (TPSA) is 33.1 Å². The van der Waals surface area contributed by atoms with E-state index in [1.165, 1.54) is 11.3 Å². The zero-order valence-corrected chi connectivity index (χ0v) is 7.06. The zero-order chi connectivity index (χ0) is 8.27. The van der Waals surface area contributed by atoms with E-state index < -0.39 is 6.10 Å². The van der Waals surface area contributed by atoms with Gasteiger partial charge in [-0.3, -0.25) is 0 Å². The van der Waals surface area contributed by atoms with Gasteiger partial charge in [-0.2, -0.15) is 0 Å². The number of aryl methyl sites for hydroxylation is 1. The Labute approximate surface area is 69.9 Å². The van der Waals surface area contributed by atoms with E-state index in [9.17, 15) is 5.11 Å². The highest BCUT2D eigenvalue weighted by atomic mass is 32.1. The number of terminal acetylenes is 1. The third kappa shape index (κ3) is 2.04. The van der Waals surface area contributed by atoms with Crippen LogP contribution in [0.5, 0.6) is 0 Å². The molecular formula is C8H9NOS. The third-order valence-corrected chi connectivity index (χ3v) is 2.25. The number of aromatic nitrogens is 1. The average molecular weight is 167 g/mol. The van der Waals surface area contributed by atoms with Gasteiger partial charge in [0.05, 0.1) is 0 Å². The van der Waals surface area contributed by atoms with Crippen molar-refractivity contribution >= 4 is 11.3 Å². The predicted octanol–water partition coefficient (Wildman–Crippen LogP) is 1.51. The van der Waals surface area contributed by atoms with Crippen LogP contribution in [0.25, 0.3) is 0 Å². The van der Waals surface area contributed by atoms with Crippen LogP contribution in [0.2, 0.25) is 0 Å². The predicted molar refractivity (Wildman–Crippen MR) is 45.3 cm³/mol. The number of thiazole rings is 1. The number of rotatable bonds is 2. The van der Waals surface area contributed by atoms with Gasteiger partial charge in [0.15, 0.2) is 0 Å². The molecule has 0 amide bonds. The van der Waals surface area contributed by atoms with E-state index in [1.807, 2.05) is 6.92 Å². The number of aliphatic hydroxyl groups is 1. The molecule has 0 radical (unpaired) electrons. The Morgan fingerprint density at radius 1 is 1.91 bits per heavy atom. The third-order valence-electron chi connectivity index (χ3n) is 1.24. The first kappa shape index (κ1) is 8.25. The van der Waals surface area contributed by atoms with Crippen LogP contribution in [0.4, 0.5) is 0 Å². The molecule has 0 aliphatic carbocycles. The second-order valence-corrected chi connectivity index (χ2v) is 3.50. The Morgan fingerprint density at radius 3 is 3.09 bits per heavy atom. The van der Waals surface area contributed by atoms with E-state index in [0.29, 0.717) is 11.4 Å². The van der Waals surface area contributed by atoms with Gasteiger partial charge in [-0.15, -0.1) is 23.7 Å². The van der Waals surface area contributed by atoms with Gasteiger partial charge in [0, 0.05) is 17.5 Å². The molecule has 1 rings (SSSR count). The minimum Gasteiger partial charge on any atom is -0.385 e. The van der Waals surface area contributed by atoms with Crippen LogP contribution >= 0.6 is 11.3 Å². The van der Waals surface area contributed by atoms with Gasteiger partial charge in [-0.1, -0.05) is 0 Å². The van der Waals surface area contributed by atoms with E-state index in [4.69, 9.17) is 6.42 Å². The minimum atomic E-state index is -0.585. The maximum Gasteiger partial charge on any atom is 0.122 e. The SMILES string of the molecule is C#CCC(O)c1ncc(C)s1. The first-order valence-corrected chi connectivity index (χ1v) is 4.09. The van der Waals surface area contributed by atoms with Gasteiger partial charge in [0.1, 0.15) is 11.1 Å². The summed E-state index contributed by atoms with van der Waals surface area (Å²) < 4.78 is 0. The lowest BCUT2D eigenvalue weighted by atomic mass is 10.3. The van der Waals surface area contributed by atoms with Crippen molar-refractivity contribution in [3.05, 3.63) is 16.1 Å². The van der Waals surface area contributed by atoms with Crippen LogP contribution in [0.1, 0.15) is 22.4 Å². The molecular weight excluding hydrogens is 158 g/mol. The van der Waals surface area contributed by atoms with Crippen LogP contribution in [-0.4, -0.2) is 10.1 Å². The standard InChI is InChI=1S/C8H9NOS/c1-3-4-7(10)8-9-5-6(2)11-8/h1,5,7,10H,4H2,2H3. The highest BCUT2D eigenvalue weighted by Gasteiger charge is 2.08. The molecule has 0 saturated carbocycles. The summed E-state index contributed by atoms with van der Waals surface area (Å²) in [4.78, 5) is 5.10. The fourth-order valence-electron chi connectivity index (χ4n) is 0.725. The normalized spacial score (nSPS) is 12.5. The largest absolute Gasteiger partial charge is 0.385 e. The molecule has 1 heterocycles. The molecule has 1 aromatic rings. The molecule has 1 atom stereocenters. The number of hydrogen-bond acceptors (Lipinski definition) is 3. The molecule has 2 nitrogen and oxygen atoms in total. The van der Waals surface area contributed by atoms with Gasteiger partial charge in [-0.05, 0) is 6.92 Å². The van der Waals surface area contributed by atoms with Crippen molar-refractivity contribution in [2.75, 3.05) is 0 Å². The van der Waals surface area contributed by atoms with Gasteiger partial charge in [0.25, 0.3) is 0 Å². The van der Waals surface area contributed by atoms with E-state index in [2.05, 4.69) is 10.9 Å². The van der Waals surface area contributed by atoms with Gasteiger partial charge < -0.3 is 5.11 Å². The van der Waals surface area contributed by atoms with Crippen LogP contribution in [-0.2, 0) is 0 Å². The van der Waals surface area contributed by atoms with Gasteiger partial charge in [-0.25, -0.2) is 4.98 Å². The van der Waals surface area contributed by atoms with Crippen molar-refractivity contribution in [1.29, 1.82) is 0 Å². The summed E-state index contributed by atoms with van der Waals surface area (Å²) in [6, 6.07) is 0. The summed E-state index contributed by atoms with van der Waals surface area (Å²) in [5.74, 6) is 2.39. The monoisotopic (exact) mass is 167 g/mol. The fourth-order valence-corrected chi connectivity index (χ4v) is 1.49. The number of aliphatic hydroxyl groups excluding tert-OH is 1. The van der Waals surface area contributed by atoms with Crippen molar-refractivity contribution in [2.24, 2.45) is 0 Å². The Kier molecular flexibility index (Phi) is 2.64. The summed E-state index contributed by atoms with van der Waals surface area (Å²) in [5, 5.41) is 10.0. The highest BCUT2D eigenvalue weighted by molar-refractivity contribution is 7.11. The molecule has 0 bridgehead atoms. The van der Waals surface area contributed by atoms with Gasteiger partial charge in [0.2, 0.25) is 0 Å². The lowest BCUT2D eigenvalue weighted by molar-refractivity contribution is 0.183. The molecule has 0 fully saturated rings. The lowest BCUT2D eigenvalue weighted by Gasteiger charge is -1.99. The summed E-state index contributed by atoms with van der Waals surface area (Å²) in [6.45, 7) is 1.95. The van der Waals surface area contributed by atoms with Crippen LogP contribution in [0, 0.1) is 19.3 Å². The molecule has 0 aliphatic heterocycles. The number of nitrogens with zero attached hydrogens (tertiary/aromatic N) is 1.